The van der Waals surface area contributed by atoms with Gasteiger partial charge >= 0.3 is 6.01 Å². The molecule has 0 fully saturated rings. The lowest BCUT2D eigenvalue weighted by Crippen LogP contribution is -2.12. The van der Waals surface area contributed by atoms with Crippen molar-refractivity contribution >= 4 is 11.9 Å². The van der Waals surface area contributed by atoms with E-state index in [4.69, 9.17) is 13.7 Å². The van der Waals surface area contributed by atoms with Crippen molar-refractivity contribution in [2.75, 3.05) is 11.9 Å². The minimum Gasteiger partial charge on any atom is -0.494 e. The first-order valence-corrected chi connectivity index (χ1v) is 6.55. The number of hydrogen-bond donors (Lipinski definition) is 1. The highest BCUT2D eigenvalue weighted by Crippen LogP contribution is 2.19. The molecule has 0 saturated heterocycles. The van der Waals surface area contributed by atoms with Crippen LogP contribution in [0, 0.1) is 0 Å². The Morgan fingerprint density at radius 3 is 2.73 bits per heavy atom. The van der Waals surface area contributed by atoms with Gasteiger partial charge in [-0.2, -0.15) is 0 Å². The molecule has 1 aromatic carbocycles. The lowest BCUT2D eigenvalue weighted by Gasteiger charge is -2.04. The topological polar surface area (TPSA) is 103 Å². The Labute approximate surface area is 125 Å². The molecule has 0 radical (unpaired) electrons. The van der Waals surface area contributed by atoms with Crippen LogP contribution in [0.5, 0.6) is 5.75 Å². The summed E-state index contributed by atoms with van der Waals surface area (Å²) >= 11 is 0. The standard InChI is InChI=1S/C14H12N4O4/c1-2-20-10-5-3-9(4-6-10)12(19)16-14-18-17-13(21-14)11-7-8-15-22-11/h3-8H,2H2,1H3,(H,16,18,19). The molecule has 2 aromatic heterocycles. The molecule has 1 amide bonds. The smallest absolute Gasteiger partial charge is 0.322 e. The van der Waals surface area contributed by atoms with Gasteiger partial charge in [-0.1, -0.05) is 10.3 Å². The van der Waals surface area contributed by atoms with Crippen molar-refractivity contribution in [2.45, 2.75) is 6.92 Å². The van der Waals surface area contributed by atoms with E-state index in [1.807, 2.05) is 6.92 Å². The molecule has 8 heteroatoms. The summed E-state index contributed by atoms with van der Waals surface area (Å²) in [6.45, 7) is 2.46. The number of nitrogens with one attached hydrogen (secondary N) is 1. The zero-order chi connectivity index (χ0) is 15.4. The molecule has 22 heavy (non-hydrogen) atoms. The zero-order valence-electron chi connectivity index (χ0n) is 11.6. The van der Waals surface area contributed by atoms with Gasteiger partial charge in [0.1, 0.15) is 5.75 Å². The Hall–Kier alpha value is -3.16. The van der Waals surface area contributed by atoms with E-state index in [0.717, 1.165) is 0 Å². The van der Waals surface area contributed by atoms with Gasteiger partial charge in [0.2, 0.25) is 5.76 Å². The molecule has 1 N–H and O–H groups in total. The second-order valence-electron chi connectivity index (χ2n) is 4.20. The molecule has 3 aromatic rings. The van der Waals surface area contributed by atoms with E-state index in [0.29, 0.717) is 23.7 Å². The number of carbonyl (C=O) groups is 1. The molecule has 8 nitrogen and oxygen atoms in total. The summed E-state index contributed by atoms with van der Waals surface area (Å²) in [7, 11) is 0. The Morgan fingerprint density at radius 2 is 2.05 bits per heavy atom. The van der Waals surface area contributed by atoms with Gasteiger partial charge in [-0.25, -0.2) is 0 Å². The third-order valence-electron chi connectivity index (χ3n) is 2.72. The maximum atomic E-state index is 12.1. The Kier molecular flexibility index (Phi) is 3.82. The molecule has 0 unspecified atom stereocenters. The first kappa shape index (κ1) is 13.8. The third kappa shape index (κ3) is 2.95. The maximum absolute atomic E-state index is 12.1. The van der Waals surface area contributed by atoms with Crippen molar-refractivity contribution in [1.82, 2.24) is 15.4 Å². The van der Waals surface area contributed by atoms with E-state index in [2.05, 4.69) is 20.7 Å². The second-order valence-corrected chi connectivity index (χ2v) is 4.20. The number of ether oxygens (including phenoxy) is 1. The van der Waals surface area contributed by atoms with Crippen LogP contribution in [0.1, 0.15) is 17.3 Å². The van der Waals surface area contributed by atoms with Crippen molar-refractivity contribution in [3.8, 4) is 17.4 Å². The van der Waals surface area contributed by atoms with Crippen LogP contribution >= 0.6 is 0 Å². The van der Waals surface area contributed by atoms with Gasteiger partial charge in [0, 0.05) is 11.6 Å². The lowest BCUT2D eigenvalue weighted by molar-refractivity contribution is 0.102. The number of amides is 1. The second kappa shape index (κ2) is 6.08. The third-order valence-corrected chi connectivity index (χ3v) is 2.72. The van der Waals surface area contributed by atoms with Crippen LogP contribution < -0.4 is 10.1 Å². The maximum Gasteiger partial charge on any atom is 0.322 e. The van der Waals surface area contributed by atoms with Gasteiger partial charge in [0.15, 0.2) is 0 Å². The van der Waals surface area contributed by atoms with Crippen LogP contribution in [-0.2, 0) is 0 Å². The van der Waals surface area contributed by atoms with Crippen LogP contribution in [0.3, 0.4) is 0 Å². The monoisotopic (exact) mass is 300 g/mol. The molecule has 0 aliphatic heterocycles. The summed E-state index contributed by atoms with van der Waals surface area (Å²) in [5.41, 5.74) is 0.447. The van der Waals surface area contributed by atoms with Gasteiger partial charge < -0.3 is 13.7 Å². The first-order chi connectivity index (χ1) is 10.8. The van der Waals surface area contributed by atoms with Crippen LogP contribution in [0.15, 0.2) is 45.5 Å². The largest absolute Gasteiger partial charge is 0.494 e. The predicted molar refractivity (Wildman–Crippen MR) is 75.4 cm³/mol. The summed E-state index contributed by atoms with van der Waals surface area (Å²) in [5.74, 6) is 0.800. The van der Waals surface area contributed by atoms with Gasteiger partial charge in [0.25, 0.3) is 11.8 Å². The fourth-order valence-electron chi connectivity index (χ4n) is 1.74. The summed E-state index contributed by atoms with van der Waals surface area (Å²) in [6.07, 6.45) is 1.46. The normalized spacial score (nSPS) is 10.4. The highest BCUT2D eigenvalue weighted by molar-refractivity contribution is 6.03. The molecule has 3 rings (SSSR count). The van der Waals surface area contributed by atoms with Crippen LogP contribution in [0.2, 0.25) is 0 Å². The Bertz CT molecular complexity index is 750. The molecule has 0 spiro atoms. The van der Waals surface area contributed by atoms with Gasteiger partial charge in [-0.3, -0.25) is 10.1 Å². The average molecular weight is 300 g/mol. The molecule has 0 bridgehead atoms. The quantitative estimate of drug-likeness (QED) is 0.771. The lowest BCUT2D eigenvalue weighted by atomic mass is 10.2. The Morgan fingerprint density at radius 1 is 1.23 bits per heavy atom. The zero-order valence-corrected chi connectivity index (χ0v) is 11.6. The molecular formula is C14H12N4O4. The highest BCUT2D eigenvalue weighted by atomic mass is 16.5. The highest BCUT2D eigenvalue weighted by Gasteiger charge is 2.14. The summed E-state index contributed by atoms with van der Waals surface area (Å²) < 4.78 is 15.5. The number of nitrogens with zero attached hydrogens (tertiary/aromatic N) is 3. The summed E-state index contributed by atoms with van der Waals surface area (Å²) in [4.78, 5) is 12.1. The molecular weight excluding hydrogens is 288 g/mol. The number of hydrogen-bond acceptors (Lipinski definition) is 7. The van der Waals surface area contributed by atoms with E-state index in [1.54, 1.807) is 30.3 Å². The molecule has 0 aliphatic carbocycles. The van der Waals surface area contributed by atoms with E-state index in [-0.39, 0.29) is 17.8 Å². The van der Waals surface area contributed by atoms with Gasteiger partial charge in [-0.15, -0.1) is 5.10 Å². The van der Waals surface area contributed by atoms with Crippen LogP contribution in [0.4, 0.5) is 6.01 Å². The van der Waals surface area contributed by atoms with Crippen molar-refractivity contribution in [1.29, 1.82) is 0 Å². The van der Waals surface area contributed by atoms with Crippen molar-refractivity contribution in [3.63, 3.8) is 0 Å². The summed E-state index contributed by atoms with van der Waals surface area (Å²) in [6, 6.07) is 8.27. The SMILES string of the molecule is CCOc1ccc(C(=O)Nc2nnc(-c3ccno3)o2)cc1. The average Bonchev–Trinajstić information content (AvgIpc) is 3.19. The Balaban J connectivity index is 1.69. The van der Waals surface area contributed by atoms with Crippen LogP contribution in [-0.4, -0.2) is 27.9 Å². The number of anilines is 1. The van der Waals surface area contributed by atoms with E-state index in [1.165, 1.54) is 6.20 Å². The molecule has 2 heterocycles. The molecule has 112 valence electrons. The number of rotatable bonds is 5. The minimum atomic E-state index is -0.365. The fourth-order valence-corrected chi connectivity index (χ4v) is 1.74. The number of benzene rings is 1. The van der Waals surface area contributed by atoms with Crippen molar-refractivity contribution < 1.29 is 18.5 Å². The van der Waals surface area contributed by atoms with E-state index < -0.39 is 0 Å². The summed E-state index contributed by atoms with van der Waals surface area (Å²) in [5, 5.41) is 13.5. The van der Waals surface area contributed by atoms with E-state index in [9.17, 15) is 4.79 Å². The van der Waals surface area contributed by atoms with Crippen molar-refractivity contribution in [3.05, 3.63) is 42.1 Å². The first-order valence-electron chi connectivity index (χ1n) is 6.55. The molecule has 0 aliphatic rings. The molecule has 0 atom stereocenters. The van der Waals surface area contributed by atoms with E-state index >= 15 is 0 Å². The molecule has 0 saturated carbocycles. The van der Waals surface area contributed by atoms with Gasteiger partial charge in [-0.05, 0) is 31.2 Å². The van der Waals surface area contributed by atoms with Crippen molar-refractivity contribution in [2.24, 2.45) is 0 Å². The van der Waals surface area contributed by atoms with Gasteiger partial charge in [0.05, 0.1) is 12.8 Å². The minimum absolute atomic E-state index is 0.0229. The predicted octanol–water partition coefficient (Wildman–Crippen LogP) is 2.38. The number of carbonyl (C=O) groups excluding carboxylic acids is 1. The number of aromatic nitrogens is 3. The fraction of sp³-hybridized carbons (Fsp3) is 0.143. The van der Waals surface area contributed by atoms with Crippen LogP contribution in [0.25, 0.3) is 11.7 Å².